The van der Waals surface area contributed by atoms with Crippen molar-refractivity contribution in [3.8, 4) is 0 Å². The van der Waals surface area contributed by atoms with Gasteiger partial charge in [0.15, 0.2) is 0 Å². The quantitative estimate of drug-likeness (QED) is 0.561. The van der Waals surface area contributed by atoms with Gasteiger partial charge in [0.1, 0.15) is 6.20 Å². The summed E-state index contributed by atoms with van der Waals surface area (Å²) in [7, 11) is 0. The fourth-order valence-corrected chi connectivity index (χ4v) is 1.94. The third-order valence-corrected chi connectivity index (χ3v) is 3.04. The lowest BCUT2D eigenvalue weighted by molar-refractivity contribution is -0.389. The summed E-state index contributed by atoms with van der Waals surface area (Å²) in [5.41, 5.74) is 0. The molecule has 0 aromatic carbocycles. The molecule has 1 N–H and O–H groups in total. The lowest BCUT2D eigenvalue weighted by atomic mass is 10.3. The van der Waals surface area contributed by atoms with Gasteiger partial charge in [-0.25, -0.2) is 0 Å². The molecule has 1 fully saturated rings. The molecule has 19 heavy (non-hydrogen) atoms. The van der Waals surface area contributed by atoms with E-state index in [0.717, 1.165) is 12.8 Å². The molecule has 1 aromatic heterocycles. The Morgan fingerprint density at radius 1 is 1.63 bits per heavy atom. The Hall–Kier alpha value is -1.96. The van der Waals surface area contributed by atoms with Gasteiger partial charge < -0.3 is 24.7 Å². The number of aromatic nitrogens is 2. The molecule has 0 spiro atoms. The van der Waals surface area contributed by atoms with Crippen LogP contribution >= 0.6 is 0 Å². The largest absolute Gasteiger partial charge is 0.395 e. The minimum atomic E-state index is -0.569. The van der Waals surface area contributed by atoms with Crippen LogP contribution in [-0.4, -0.2) is 49.6 Å². The SMILES string of the molecule is O=C(CCn1cnc([N+](=O)[O-])c1)N(CCO)C1CC1. The summed E-state index contributed by atoms with van der Waals surface area (Å²) in [6, 6.07) is 0.261. The number of nitrogens with zero attached hydrogens (tertiary/aromatic N) is 4. The van der Waals surface area contributed by atoms with Gasteiger partial charge in [0, 0.05) is 25.6 Å². The van der Waals surface area contributed by atoms with E-state index in [1.807, 2.05) is 0 Å². The number of carbonyl (C=O) groups is 1. The van der Waals surface area contributed by atoms with Crippen molar-refractivity contribution in [3.63, 3.8) is 0 Å². The molecule has 1 aliphatic rings. The first-order valence-corrected chi connectivity index (χ1v) is 6.18. The molecular weight excluding hydrogens is 252 g/mol. The summed E-state index contributed by atoms with van der Waals surface area (Å²) in [6.07, 6.45) is 4.88. The molecule has 1 aliphatic carbocycles. The number of amides is 1. The lowest BCUT2D eigenvalue weighted by Crippen LogP contribution is -2.35. The Kier molecular flexibility index (Phi) is 4.10. The van der Waals surface area contributed by atoms with E-state index in [-0.39, 0.29) is 30.8 Å². The van der Waals surface area contributed by atoms with Gasteiger partial charge in [-0.15, -0.1) is 0 Å². The fraction of sp³-hybridized carbons (Fsp3) is 0.636. The van der Waals surface area contributed by atoms with Crippen LogP contribution in [-0.2, 0) is 11.3 Å². The maximum Gasteiger partial charge on any atom is 0.381 e. The van der Waals surface area contributed by atoms with E-state index in [9.17, 15) is 14.9 Å². The number of hydrogen-bond donors (Lipinski definition) is 1. The van der Waals surface area contributed by atoms with E-state index < -0.39 is 4.92 Å². The first-order valence-electron chi connectivity index (χ1n) is 6.18. The zero-order valence-corrected chi connectivity index (χ0v) is 10.4. The highest BCUT2D eigenvalue weighted by Gasteiger charge is 2.31. The normalized spacial score (nSPS) is 14.4. The number of aliphatic hydroxyl groups is 1. The molecule has 8 heteroatoms. The van der Waals surface area contributed by atoms with E-state index in [1.165, 1.54) is 17.1 Å². The van der Waals surface area contributed by atoms with Gasteiger partial charge in [-0.1, -0.05) is 0 Å². The van der Waals surface area contributed by atoms with Gasteiger partial charge in [0.2, 0.25) is 12.2 Å². The van der Waals surface area contributed by atoms with E-state index in [1.54, 1.807) is 4.90 Å². The smallest absolute Gasteiger partial charge is 0.381 e. The van der Waals surface area contributed by atoms with Crippen LogP contribution in [0.3, 0.4) is 0 Å². The van der Waals surface area contributed by atoms with Gasteiger partial charge >= 0.3 is 5.82 Å². The van der Waals surface area contributed by atoms with Crippen molar-refractivity contribution in [2.24, 2.45) is 0 Å². The maximum atomic E-state index is 12.0. The summed E-state index contributed by atoms with van der Waals surface area (Å²) in [5, 5.41) is 19.4. The van der Waals surface area contributed by atoms with Gasteiger partial charge in [0.05, 0.1) is 6.61 Å². The topological polar surface area (TPSA) is 102 Å². The standard InChI is InChI=1S/C11H16N4O4/c16-6-5-14(9-1-2-9)11(17)3-4-13-7-10(12-8-13)15(18)19/h7-9,16H,1-6H2. The molecule has 8 nitrogen and oxygen atoms in total. The molecule has 0 bridgehead atoms. The summed E-state index contributed by atoms with van der Waals surface area (Å²) in [4.78, 5) is 27.2. The molecule has 0 aliphatic heterocycles. The van der Waals surface area contributed by atoms with Crippen molar-refractivity contribution in [1.82, 2.24) is 14.5 Å². The molecule has 0 unspecified atom stereocenters. The molecule has 1 heterocycles. The highest BCUT2D eigenvalue weighted by Crippen LogP contribution is 2.27. The number of imidazole rings is 1. The molecule has 2 rings (SSSR count). The van der Waals surface area contributed by atoms with Crippen molar-refractivity contribution in [2.45, 2.75) is 31.8 Å². The monoisotopic (exact) mass is 268 g/mol. The summed E-state index contributed by atoms with van der Waals surface area (Å²) in [5.74, 6) is -0.255. The second-order valence-electron chi connectivity index (χ2n) is 4.52. The number of rotatable bonds is 7. The van der Waals surface area contributed by atoms with E-state index in [4.69, 9.17) is 5.11 Å². The lowest BCUT2D eigenvalue weighted by Gasteiger charge is -2.21. The highest BCUT2D eigenvalue weighted by molar-refractivity contribution is 5.76. The number of carbonyl (C=O) groups excluding carboxylic acids is 1. The Morgan fingerprint density at radius 2 is 2.37 bits per heavy atom. The number of hydrogen-bond acceptors (Lipinski definition) is 5. The third kappa shape index (κ3) is 3.50. The predicted octanol–water partition coefficient (Wildman–Crippen LogP) is 0.165. The number of aliphatic hydroxyl groups excluding tert-OH is 1. The van der Waals surface area contributed by atoms with Crippen LogP contribution < -0.4 is 0 Å². The highest BCUT2D eigenvalue weighted by atomic mass is 16.6. The summed E-state index contributed by atoms with van der Waals surface area (Å²) < 4.78 is 1.53. The van der Waals surface area contributed by atoms with E-state index in [0.29, 0.717) is 13.1 Å². The van der Waals surface area contributed by atoms with Gasteiger partial charge in [-0.3, -0.25) is 4.79 Å². The molecule has 1 saturated carbocycles. The summed E-state index contributed by atoms with van der Waals surface area (Å²) in [6.45, 7) is 0.667. The predicted molar refractivity (Wildman–Crippen MR) is 65.3 cm³/mol. The van der Waals surface area contributed by atoms with E-state index in [2.05, 4.69) is 4.98 Å². The van der Waals surface area contributed by atoms with Crippen molar-refractivity contribution >= 4 is 11.7 Å². The van der Waals surface area contributed by atoms with E-state index >= 15 is 0 Å². The number of nitro groups is 1. The minimum Gasteiger partial charge on any atom is -0.395 e. The van der Waals surface area contributed by atoms with Gasteiger partial charge in [0.25, 0.3) is 0 Å². The molecule has 1 amide bonds. The van der Waals surface area contributed by atoms with Crippen molar-refractivity contribution in [3.05, 3.63) is 22.6 Å². The third-order valence-electron chi connectivity index (χ3n) is 3.04. The first kappa shape index (κ1) is 13.5. The molecule has 104 valence electrons. The van der Waals surface area contributed by atoms with Crippen LogP contribution in [0.2, 0.25) is 0 Å². The van der Waals surface area contributed by atoms with Crippen LogP contribution in [0.15, 0.2) is 12.5 Å². The Labute approximate surface area is 109 Å². The van der Waals surface area contributed by atoms with Gasteiger partial charge in [-0.2, -0.15) is 0 Å². The van der Waals surface area contributed by atoms with Crippen molar-refractivity contribution in [2.75, 3.05) is 13.2 Å². The average molecular weight is 268 g/mol. The molecule has 0 atom stereocenters. The Bertz CT molecular complexity index is 469. The Balaban J connectivity index is 1.86. The number of aryl methyl sites for hydroxylation is 1. The second-order valence-corrected chi connectivity index (χ2v) is 4.52. The minimum absolute atomic E-state index is 0.0343. The average Bonchev–Trinajstić information content (AvgIpc) is 3.10. The fourth-order valence-electron chi connectivity index (χ4n) is 1.94. The molecule has 0 saturated heterocycles. The first-order chi connectivity index (χ1) is 9.11. The van der Waals surface area contributed by atoms with Crippen LogP contribution in [0.4, 0.5) is 5.82 Å². The Morgan fingerprint density at radius 3 is 2.89 bits per heavy atom. The van der Waals surface area contributed by atoms with Crippen LogP contribution in [0.1, 0.15) is 19.3 Å². The molecule has 1 aromatic rings. The zero-order valence-electron chi connectivity index (χ0n) is 10.4. The van der Waals surface area contributed by atoms with Crippen LogP contribution in [0.25, 0.3) is 0 Å². The molecule has 0 radical (unpaired) electrons. The van der Waals surface area contributed by atoms with Crippen molar-refractivity contribution in [1.29, 1.82) is 0 Å². The second kappa shape index (κ2) is 5.79. The van der Waals surface area contributed by atoms with Crippen LogP contribution in [0, 0.1) is 10.1 Å². The molecular formula is C11H16N4O4. The van der Waals surface area contributed by atoms with Crippen LogP contribution in [0.5, 0.6) is 0 Å². The zero-order chi connectivity index (χ0) is 13.8. The van der Waals surface area contributed by atoms with Crippen molar-refractivity contribution < 1.29 is 14.8 Å². The van der Waals surface area contributed by atoms with Gasteiger partial charge in [-0.05, 0) is 22.7 Å². The summed E-state index contributed by atoms with van der Waals surface area (Å²) >= 11 is 0. The maximum absolute atomic E-state index is 12.0.